The Hall–Kier alpha value is -2.96. The summed E-state index contributed by atoms with van der Waals surface area (Å²) in [5.74, 6) is 1.80. The number of ether oxygens (including phenoxy) is 1. The number of amides is 1. The Bertz CT molecular complexity index is 921. The van der Waals surface area contributed by atoms with Gasteiger partial charge in [-0.15, -0.1) is 0 Å². The molecular formula is C19H23N5O2. The molecule has 2 atom stereocenters. The molecule has 7 nitrogen and oxygen atoms in total. The third-order valence-electron chi connectivity index (χ3n) is 4.46. The van der Waals surface area contributed by atoms with Crippen LogP contribution in [0.3, 0.4) is 0 Å². The monoisotopic (exact) mass is 353 g/mol. The van der Waals surface area contributed by atoms with Crippen molar-refractivity contribution in [3.05, 3.63) is 47.7 Å². The van der Waals surface area contributed by atoms with E-state index in [1.165, 1.54) is 0 Å². The Morgan fingerprint density at radius 2 is 2.04 bits per heavy atom. The first-order valence-corrected chi connectivity index (χ1v) is 8.70. The molecule has 0 saturated heterocycles. The zero-order valence-corrected chi connectivity index (χ0v) is 15.4. The summed E-state index contributed by atoms with van der Waals surface area (Å²) in [6, 6.07) is 9.10. The molecule has 0 radical (unpaired) electrons. The fraction of sp³-hybridized carbons (Fsp3) is 0.368. The van der Waals surface area contributed by atoms with E-state index in [1.54, 1.807) is 13.2 Å². The van der Waals surface area contributed by atoms with Gasteiger partial charge in [0.05, 0.1) is 13.2 Å². The van der Waals surface area contributed by atoms with Gasteiger partial charge in [0.1, 0.15) is 11.5 Å². The highest BCUT2D eigenvalue weighted by atomic mass is 16.5. The van der Waals surface area contributed by atoms with Crippen molar-refractivity contribution in [2.45, 2.75) is 39.2 Å². The van der Waals surface area contributed by atoms with Crippen LogP contribution in [0.1, 0.15) is 61.3 Å². The van der Waals surface area contributed by atoms with Crippen molar-refractivity contribution in [3.8, 4) is 5.88 Å². The largest absolute Gasteiger partial charge is 0.481 e. The summed E-state index contributed by atoms with van der Waals surface area (Å²) in [6.45, 7) is 6.02. The van der Waals surface area contributed by atoms with E-state index >= 15 is 0 Å². The van der Waals surface area contributed by atoms with Crippen molar-refractivity contribution in [2.75, 3.05) is 7.11 Å². The zero-order chi connectivity index (χ0) is 18.7. The van der Waals surface area contributed by atoms with E-state index in [2.05, 4.69) is 39.3 Å². The summed E-state index contributed by atoms with van der Waals surface area (Å²) < 4.78 is 5.33. The van der Waals surface area contributed by atoms with Crippen LogP contribution in [0.2, 0.25) is 0 Å². The fourth-order valence-electron chi connectivity index (χ4n) is 2.66. The minimum absolute atomic E-state index is 0.273. The number of fused-ring (bicyclic) bond motifs is 1. The van der Waals surface area contributed by atoms with Gasteiger partial charge in [0, 0.05) is 11.3 Å². The number of aromatic nitrogens is 4. The highest BCUT2D eigenvalue weighted by Crippen LogP contribution is 2.24. The molecule has 3 aromatic rings. The van der Waals surface area contributed by atoms with Gasteiger partial charge in [-0.25, -0.2) is 9.97 Å². The molecule has 0 aliphatic heterocycles. The maximum Gasteiger partial charge on any atom is 0.270 e. The highest BCUT2D eigenvalue weighted by Gasteiger charge is 2.19. The second kappa shape index (κ2) is 7.51. The summed E-state index contributed by atoms with van der Waals surface area (Å²) in [7, 11) is 1.55. The number of nitrogens with zero attached hydrogens (tertiary/aromatic N) is 3. The highest BCUT2D eigenvalue weighted by molar-refractivity contribution is 5.98. The van der Waals surface area contributed by atoms with Crippen LogP contribution >= 0.6 is 0 Å². The standard InChI is InChI=1S/C19H23N5O2/c1-5-11(2)16-22-17(24-23-16)12(3)20-18(25)15-10-13-8-6-7-9-14(13)19(21-15)26-4/h6-12H,5H2,1-4H3,(H,20,25)(H,22,23,24)/t11-,12-/m1/s1. The Morgan fingerprint density at radius 1 is 1.27 bits per heavy atom. The average Bonchev–Trinajstić information content (AvgIpc) is 3.16. The van der Waals surface area contributed by atoms with E-state index in [9.17, 15) is 4.79 Å². The number of hydrogen-bond donors (Lipinski definition) is 2. The number of carbonyl (C=O) groups is 1. The second-order valence-corrected chi connectivity index (χ2v) is 6.32. The van der Waals surface area contributed by atoms with Gasteiger partial charge in [-0.3, -0.25) is 9.89 Å². The van der Waals surface area contributed by atoms with Gasteiger partial charge in [-0.05, 0) is 30.9 Å². The van der Waals surface area contributed by atoms with Crippen LogP contribution in [0.25, 0.3) is 10.8 Å². The lowest BCUT2D eigenvalue weighted by Gasteiger charge is -2.12. The summed E-state index contributed by atoms with van der Waals surface area (Å²) in [6.07, 6.45) is 0.957. The second-order valence-electron chi connectivity index (χ2n) is 6.32. The number of pyridine rings is 1. The topological polar surface area (TPSA) is 92.8 Å². The van der Waals surface area contributed by atoms with Crippen LogP contribution in [0.15, 0.2) is 30.3 Å². The molecule has 0 saturated carbocycles. The summed E-state index contributed by atoms with van der Waals surface area (Å²) in [5, 5.41) is 11.8. The van der Waals surface area contributed by atoms with E-state index in [-0.39, 0.29) is 17.9 Å². The third-order valence-corrected chi connectivity index (χ3v) is 4.46. The SMILES string of the molecule is CC[C@@H](C)c1n[nH]c([C@@H](C)NC(=O)c2cc3ccccc3c(OC)n2)n1. The van der Waals surface area contributed by atoms with Crippen molar-refractivity contribution in [3.63, 3.8) is 0 Å². The van der Waals surface area contributed by atoms with Crippen molar-refractivity contribution in [2.24, 2.45) is 0 Å². The van der Waals surface area contributed by atoms with Gasteiger partial charge in [0.15, 0.2) is 5.82 Å². The van der Waals surface area contributed by atoms with Crippen LogP contribution in [-0.4, -0.2) is 33.2 Å². The van der Waals surface area contributed by atoms with Gasteiger partial charge < -0.3 is 10.1 Å². The molecule has 1 amide bonds. The molecule has 0 unspecified atom stereocenters. The normalized spacial score (nSPS) is 13.4. The molecule has 3 rings (SSSR count). The molecule has 2 heterocycles. The number of carbonyl (C=O) groups excluding carboxylic acids is 1. The number of aromatic amines is 1. The number of rotatable bonds is 6. The maximum absolute atomic E-state index is 12.6. The molecule has 0 aliphatic rings. The third kappa shape index (κ3) is 3.51. The number of benzene rings is 1. The van der Waals surface area contributed by atoms with Gasteiger partial charge in [-0.2, -0.15) is 5.10 Å². The van der Waals surface area contributed by atoms with Crippen LogP contribution in [-0.2, 0) is 0 Å². The molecule has 2 N–H and O–H groups in total. The van der Waals surface area contributed by atoms with E-state index in [4.69, 9.17) is 4.74 Å². The molecule has 26 heavy (non-hydrogen) atoms. The van der Waals surface area contributed by atoms with Crippen molar-refractivity contribution in [1.29, 1.82) is 0 Å². The summed E-state index contributed by atoms with van der Waals surface area (Å²) in [4.78, 5) is 21.5. The fourth-order valence-corrected chi connectivity index (χ4v) is 2.66. The smallest absolute Gasteiger partial charge is 0.270 e. The zero-order valence-electron chi connectivity index (χ0n) is 15.4. The van der Waals surface area contributed by atoms with Crippen molar-refractivity contribution < 1.29 is 9.53 Å². The van der Waals surface area contributed by atoms with Crippen molar-refractivity contribution >= 4 is 16.7 Å². The van der Waals surface area contributed by atoms with Crippen LogP contribution in [0, 0.1) is 0 Å². The van der Waals surface area contributed by atoms with Crippen LogP contribution < -0.4 is 10.1 Å². The molecule has 0 spiro atoms. The maximum atomic E-state index is 12.6. The first kappa shape index (κ1) is 17.8. The van der Waals surface area contributed by atoms with Crippen molar-refractivity contribution in [1.82, 2.24) is 25.5 Å². The van der Waals surface area contributed by atoms with E-state index in [0.717, 1.165) is 23.0 Å². The minimum atomic E-state index is -0.313. The van der Waals surface area contributed by atoms with Gasteiger partial charge in [0.25, 0.3) is 5.91 Å². The Labute approximate surface area is 152 Å². The molecule has 0 aliphatic carbocycles. The average molecular weight is 353 g/mol. The van der Waals surface area contributed by atoms with Crippen LogP contribution in [0.5, 0.6) is 5.88 Å². The predicted molar refractivity (Wildman–Crippen MR) is 99.3 cm³/mol. The number of H-pyrrole nitrogens is 1. The minimum Gasteiger partial charge on any atom is -0.481 e. The van der Waals surface area contributed by atoms with Gasteiger partial charge in [-0.1, -0.05) is 32.0 Å². The van der Waals surface area contributed by atoms with Gasteiger partial charge in [0.2, 0.25) is 5.88 Å². The summed E-state index contributed by atoms with van der Waals surface area (Å²) >= 11 is 0. The molecule has 136 valence electrons. The molecule has 0 fully saturated rings. The van der Waals surface area contributed by atoms with E-state index in [1.807, 2.05) is 31.2 Å². The lowest BCUT2D eigenvalue weighted by molar-refractivity contribution is 0.0932. The first-order chi connectivity index (χ1) is 12.5. The first-order valence-electron chi connectivity index (χ1n) is 8.70. The number of hydrogen-bond acceptors (Lipinski definition) is 5. The van der Waals surface area contributed by atoms with Crippen LogP contribution in [0.4, 0.5) is 0 Å². The van der Waals surface area contributed by atoms with Gasteiger partial charge >= 0.3 is 0 Å². The lowest BCUT2D eigenvalue weighted by Crippen LogP contribution is -2.28. The number of methoxy groups -OCH3 is 1. The predicted octanol–water partition coefficient (Wildman–Crippen LogP) is 3.37. The molecule has 7 heteroatoms. The lowest BCUT2D eigenvalue weighted by atomic mass is 10.1. The number of nitrogens with one attached hydrogen (secondary N) is 2. The molecule has 0 bridgehead atoms. The molecular weight excluding hydrogens is 330 g/mol. The summed E-state index contributed by atoms with van der Waals surface area (Å²) in [5.41, 5.74) is 0.300. The Kier molecular flexibility index (Phi) is 5.16. The quantitative estimate of drug-likeness (QED) is 0.709. The Balaban J connectivity index is 1.81. The molecule has 1 aromatic carbocycles. The van der Waals surface area contributed by atoms with E-state index < -0.39 is 0 Å². The Morgan fingerprint density at radius 3 is 2.77 bits per heavy atom. The van der Waals surface area contributed by atoms with E-state index in [0.29, 0.717) is 17.4 Å². The molecule has 2 aromatic heterocycles.